The summed E-state index contributed by atoms with van der Waals surface area (Å²) in [5, 5.41) is 0. The highest BCUT2D eigenvalue weighted by molar-refractivity contribution is 8.13. The lowest BCUT2D eigenvalue weighted by Crippen LogP contribution is -2.27. The zero-order valence-electron chi connectivity index (χ0n) is 9.47. The molecule has 0 aliphatic rings. The van der Waals surface area contributed by atoms with E-state index < -0.39 is 16.7 Å². The lowest BCUT2D eigenvalue weighted by Gasteiger charge is -2.28. The molecule has 0 heterocycles. The Morgan fingerprint density at radius 1 is 1.20 bits per heavy atom. The molecule has 5 nitrogen and oxygen atoms in total. The smallest absolute Gasteiger partial charge is 0.277 e. The van der Waals surface area contributed by atoms with Crippen molar-refractivity contribution in [3.63, 3.8) is 0 Å². The molecule has 0 aromatic rings. The maximum atomic E-state index is 11.6. The van der Waals surface area contributed by atoms with Gasteiger partial charge in [-0.15, -0.1) is 4.08 Å². The van der Waals surface area contributed by atoms with Crippen molar-refractivity contribution >= 4 is 28.5 Å². The summed E-state index contributed by atoms with van der Waals surface area (Å²) in [6, 6.07) is 0. The predicted octanol–water partition coefficient (Wildman–Crippen LogP) is 1.57. The van der Waals surface area contributed by atoms with Gasteiger partial charge in [0.05, 0.1) is 19.0 Å². The van der Waals surface area contributed by atoms with Crippen LogP contribution < -0.4 is 0 Å². The highest BCUT2D eigenvalue weighted by Crippen LogP contribution is 2.52. The largest absolute Gasteiger partial charge is 0.317 e. The van der Waals surface area contributed by atoms with Gasteiger partial charge in [0, 0.05) is 7.05 Å². The van der Waals surface area contributed by atoms with Crippen LogP contribution in [0.25, 0.3) is 0 Å². The molecule has 0 aromatic heterocycles. The van der Waals surface area contributed by atoms with Crippen molar-refractivity contribution in [2.45, 2.75) is 20.8 Å². The summed E-state index contributed by atoms with van der Waals surface area (Å²) in [7, 11) is -1.96. The minimum Gasteiger partial charge on any atom is -0.317 e. The van der Waals surface area contributed by atoms with Gasteiger partial charge >= 0.3 is 0 Å². The van der Waals surface area contributed by atoms with Crippen LogP contribution in [0.2, 0.25) is 0 Å². The third-order valence-electron chi connectivity index (χ3n) is 1.70. The second-order valence-corrected chi connectivity index (χ2v) is 8.64. The van der Waals surface area contributed by atoms with E-state index in [1.54, 1.807) is 20.8 Å². The van der Waals surface area contributed by atoms with E-state index in [4.69, 9.17) is 20.9 Å². The van der Waals surface area contributed by atoms with E-state index in [1.165, 1.54) is 7.05 Å². The fraction of sp³-hybridized carbons (Fsp3) is 1.00. The van der Waals surface area contributed by atoms with Crippen molar-refractivity contribution < 1.29 is 17.5 Å². The summed E-state index contributed by atoms with van der Waals surface area (Å²) in [4.78, 5) is 0. The van der Waals surface area contributed by atoms with Crippen LogP contribution in [0.3, 0.4) is 0 Å². The zero-order chi connectivity index (χ0) is 12.1. The van der Waals surface area contributed by atoms with Gasteiger partial charge in [0.2, 0.25) is 10.0 Å². The first-order valence-corrected chi connectivity index (χ1v) is 8.90. The lowest BCUT2D eigenvalue weighted by molar-refractivity contribution is 0.245. The molecule has 0 spiro atoms. The van der Waals surface area contributed by atoms with Crippen molar-refractivity contribution in [2.75, 3.05) is 26.0 Å². The van der Waals surface area contributed by atoms with Crippen LogP contribution in [0.5, 0.6) is 0 Å². The van der Waals surface area contributed by atoms with Crippen molar-refractivity contribution in [1.29, 1.82) is 0 Å². The summed E-state index contributed by atoms with van der Waals surface area (Å²) in [6.45, 7) is 2.87. The first-order valence-electron chi connectivity index (χ1n) is 4.70. The summed E-state index contributed by atoms with van der Waals surface area (Å²) in [5.74, 6) is -0.0119. The Morgan fingerprint density at radius 3 is 1.87 bits per heavy atom. The molecule has 0 N–H and O–H groups in total. The molecule has 0 atom stereocenters. The fourth-order valence-corrected chi connectivity index (χ4v) is 5.69. The maximum Gasteiger partial charge on any atom is 0.277 e. The van der Waals surface area contributed by atoms with Crippen molar-refractivity contribution in [1.82, 2.24) is 4.08 Å². The van der Waals surface area contributed by atoms with E-state index in [1.807, 2.05) is 0 Å². The molecule has 15 heavy (non-hydrogen) atoms. The molecule has 0 aliphatic heterocycles. The van der Waals surface area contributed by atoms with Crippen molar-refractivity contribution in [3.8, 4) is 0 Å². The van der Waals surface area contributed by atoms with Crippen LogP contribution in [-0.2, 0) is 30.9 Å². The number of nitrogens with zero attached hydrogens (tertiary/aromatic N) is 1. The van der Waals surface area contributed by atoms with E-state index in [2.05, 4.69) is 0 Å². The van der Waals surface area contributed by atoms with E-state index >= 15 is 0 Å². The standard InChI is InChI=1S/C7H18NO4PS2/c1-5-11-13(14,12-6-2)8(4)15(9,10)7-3/h5-7H2,1-4H3. The van der Waals surface area contributed by atoms with E-state index in [9.17, 15) is 8.42 Å². The molecule has 0 amide bonds. The van der Waals surface area contributed by atoms with Crippen LogP contribution >= 0.6 is 6.64 Å². The van der Waals surface area contributed by atoms with Crippen LogP contribution in [-0.4, -0.2) is 38.5 Å². The normalized spacial score (nSPS) is 13.4. The van der Waals surface area contributed by atoms with Crippen LogP contribution in [0.15, 0.2) is 0 Å². The first kappa shape index (κ1) is 15.5. The number of hydrogen-bond donors (Lipinski definition) is 0. The molecular formula is C7H18NO4PS2. The molecule has 0 radical (unpaired) electrons. The molecule has 92 valence electrons. The van der Waals surface area contributed by atoms with Gasteiger partial charge in [0.25, 0.3) is 6.64 Å². The van der Waals surface area contributed by atoms with E-state index in [0.717, 1.165) is 4.08 Å². The summed E-state index contributed by atoms with van der Waals surface area (Å²) >= 11 is 5.15. The molecule has 0 saturated carbocycles. The van der Waals surface area contributed by atoms with Crippen LogP contribution in [0.4, 0.5) is 0 Å². The highest BCUT2D eigenvalue weighted by Gasteiger charge is 2.32. The third kappa shape index (κ3) is 4.09. The van der Waals surface area contributed by atoms with Gasteiger partial charge in [-0.2, -0.15) is 0 Å². The quantitative estimate of drug-likeness (QED) is 0.660. The number of rotatable bonds is 7. The lowest BCUT2D eigenvalue weighted by atomic mass is 10.9. The second kappa shape index (κ2) is 6.27. The van der Waals surface area contributed by atoms with Crippen LogP contribution in [0, 0.1) is 0 Å². The van der Waals surface area contributed by atoms with Crippen molar-refractivity contribution in [2.24, 2.45) is 0 Å². The SMILES string of the molecule is CCOP(=S)(OCC)N(C)S(=O)(=O)CC. The van der Waals surface area contributed by atoms with E-state index in [0.29, 0.717) is 13.2 Å². The Labute approximate surface area is 97.0 Å². The first-order chi connectivity index (χ1) is 6.84. The monoisotopic (exact) mass is 275 g/mol. The van der Waals surface area contributed by atoms with Gasteiger partial charge in [-0.05, 0) is 32.6 Å². The molecule has 0 saturated heterocycles. The predicted molar refractivity (Wildman–Crippen MR) is 64.8 cm³/mol. The minimum atomic E-state index is -3.37. The average molecular weight is 275 g/mol. The Morgan fingerprint density at radius 2 is 1.60 bits per heavy atom. The Balaban J connectivity index is 5.02. The summed E-state index contributed by atoms with van der Waals surface area (Å²) in [5.41, 5.74) is 0. The van der Waals surface area contributed by atoms with Gasteiger partial charge in [0.1, 0.15) is 0 Å². The molecule has 8 heteroatoms. The minimum absolute atomic E-state index is 0.0119. The number of hydrogen-bond acceptors (Lipinski definition) is 5. The number of sulfonamides is 1. The topological polar surface area (TPSA) is 55.8 Å². The molecule has 0 bridgehead atoms. The maximum absolute atomic E-state index is 11.6. The van der Waals surface area contributed by atoms with Gasteiger partial charge in [-0.1, -0.05) is 0 Å². The molecular weight excluding hydrogens is 257 g/mol. The second-order valence-electron chi connectivity index (χ2n) is 2.64. The zero-order valence-corrected chi connectivity index (χ0v) is 12.0. The fourth-order valence-electron chi connectivity index (χ4n) is 0.865. The highest BCUT2D eigenvalue weighted by atomic mass is 32.5. The summed E-state index contributed by atoms with van der Waals surface area (Å²) in [6.07, 6.45) is 0. The Kier molecular flexibility index (Phi) is 6.47. The summed E-state index contributed by atoms with van der Waals surface area (Å²) < 4.78 is 34.8. The van der Waals surface area contributed by atoms with Crippen molar-refractivity contribution in [3.05, 3.63) is 0 Å². The molecule has 0 rings (SSSR count). The van der Waals surface area contributed by atoms with Gasteiger partial charge in [0.15, 0.2) is 0 Å². The molecule has 0 aromatic carbocycles. The molecule has 0 aliphatic carbocycles. The molecule has 0 unspecified atom stereocenters. The third-order valence-corrected chi connectivity index (χ3v) is 8.16. The Bertz CT molecular complexity index is 320. The van der Waals surface area contributed by atoms with Gasteiger partial charge < -0.3 is 9.05 Å². The van der Waals surface area contributed by atoms with Crippen LogP contribution in [0.1, 0.15) is 20.8 Å². The Hall–Kier alpha value is 0.480. The van der Waals surface area contributed by atoms with Gasteiger partial charge in [-0.25, -0.2) is 8.42 Å². The van der Waals surface area contributed by atoms with Gasteiger partial charge in [-0.3, -0.25) is 0 Å². The average Bonchev–Trinajstić information content (AvgIpc) is 2.17. The molecule has 0 fully saturated rings. The van der Waals surface area contributed by atoms with E-state index in [-0.39, 0.29) is 5.75 Å².